The molecular weight excluding hydrogens is 599 g/mol. The molecule has 5 aromatic carbocycles. The van der Waals surface area contributed by atoms with Crippen LogP contribution in [0, 0.1) is 0 Å². The summed E-state index contributed by atoms with van der Waals surface area (Å²) in [6, 6.07) is 48.3. The van der Waals surface area contributed by atoms with Crippen LogP contribution in [0.4, 0.5) is 0 Å². The molecule has 4 heteroatoms. The standard InChI is InChI=1S/C13H9.C9H7.2C6H5.2ClH.H2Si.Zr/c1-3-7-12-10(5-1)9-11-6-2-4-8-13(11)12;1-2-5-9-7-3-6-8(9)4-1;2*1-2-4-6-5-3-1;;;;/h1-5,7-8H,9H2;1-7H;2*1-5H;2*1H;1H2;. The molecule has 2 aliphatic carbocycles. The number of benzene rings is 5. The molecule has 2 aliphatic rings. The van der Waals surface area contributed by atoms with Crippen molar-refractivity contribution in [2.24, 2.45) is 0 Å². The SMILES string of the molecule is Cl.Cl.[SiH2]=[Zr]([c]1ccccc1)([c]1ccccc1)([c]1cccc2c1Cc1ccccc1-2)[CH]1C=Cc2ccccc21. The van der Waals surface area contributed by atoms with Gasteiger partial charge in [-0.25, -0.2) is 0 Å². The number of allylic oxidation sites excluding steroid dienone is 1. The number of fused-ring (bicyclic) bond motifs is 4. The van der Waals surface area contributed by atoms with Crippen molar-refractivity contribution in [3.05, 3.63) is 156 Å². The summed E-state index contributed by atoms with van der Waals surface area (Å²) in [6.07, 6.45) is 5.94. The normalized spacial score (nSPS) is 15.0. The average Bonchev–Trinajstić information content (AvgIpc) is 3.56. The van der Waals surface area contributed by atoms with Gasteiger partial charge in [0.1, 0.15) is 0 Å². The van der Waals surface area contributed by atoms with Gasteiger partial charge in [-0.1, -0.05) is 0 Å². The van der Waals surface area contributed by atoms with E-state index < -0.39 is 17.4 Å². The van der Waals surface area contributed by atoms with E-state index in [9.17, 15) is 0 Å². The van der Waals surface area contributed by atoms with Crippen LogP contribution in [-0.4, -0.2) is 6.88 Å². The van der Waals surface area contributed by atoms with E-state index in [-0.39, 0.29) is 24.8 Å². The van der Waals surface area contributed by atoms with E-state index in [4.69, 9.17) is 0 Å². The van der Waals surface area contributed by atoms with E-state index in [1.165, 1.54) is 27.8 Å². The molecule has 0 aromatic heterocycles. The summed E-state index contributed by atoms with van der Waals surface area (Å²) >= 11 is -4.35. The fraction of sp³-hybridized carbons (Fsp3) is 0.0588. The fourth-order valence-corrected chi connectivity index (χ4v) is 30.7. The van der Waals surface area contributed by atoms with Crippen molar-refractivity contribution in [3.63, 3.8) is 0 Å². The van der Waals surface area contributed by atoms with Gasteiger partial charge in [0.15, 0.2) is 0 Å². The molecule has 0 bridgehead atoms. The minimum absolute atomic E-state index is 0. The molecule has 38 heavy (non-hydrogen) atoms. The molecule has 1 atom stereocenters. The van der Waals surface area contributed by atoms with Crippen molar-refractivity contribution in [2.45, 2.75) is 10.0 Å². The van der Waals surface area contributed by atoms with Gasteiger partial charge in [-0.3, -0.25) is 0 Å². The quantitative estimate of drug-likeness (QED) is 0.199. The van der Waals surface area contributed by atoms with Gasteiger partial charge in [-0.2, -0.15) is 0 Å². The van der Waals surface area contributed by atoms with Gasteiger partial charge in [0.2, 0.25) is 0 Å². The van der Waals surface area contributed by atoms with Crippen LogP contribution in [0.15, 0.2) is 133 Å². The summed E-state index contributed by atoms with van der Waals surface area (Å²) in [5.41, 5.74) is 8.69. The third kappa shape index (κ3) is 3.65. The Morgan fingerprint density at radius 1 is 0.579 bits per heavy atom. The van der Waals surface area contributed by atoms with Crippen molar-refractivity contribution in [3.8, 4) is 11.1 Å². The van der Waals surface area contributed by atoms with Gasteiger partial charge in [0.05, 0.1) is 0 Å². The second-order valence-electron chi connectivity index (χ2n) is 10.4. The van der Waals surface area contributed by atoms with E-state index in [0.717, 1.165) is 6.42 Å². The summed E-state index contributed by atoms with van der Waals surface area (Å²) in [4.78, 5) is 0. The molecule has 5 aromatic rings. The first-order valence-corrected chi connectivity index (χ1v) is 23.8. The van der Waals surface area contributed by atoms with Gasteiger partial charge in [-0.15, -0.1) is 24.8 Å². The Labute approximate surface area is 240 Å². The van der Waals surface area contributed by atoms with E-state index in [1.807, 2.05) is 0 Å². The van der Waals surface area contributed by atoms with Crippen molar-refractivity contribution >= 4 is 47.6 Å². The van der Waals surface area contributed by atoms with Crippen molar-refractivity contribution in [2.75, 3.05) is 0 Å². The zero-order chi connectivity index (χ0) is 24.2. The van der Waals surface area contributed by atoms with Crippen LogP contribution >= 0.6 is 24.8 Å². The molecule has 0 aliphatic heterocycles. The Hall–Kier alpha value is -2.48. The molecule has 0 fully saturated rings. The first-order valence-electron chi connectivity index (χ1n) is 12.8. The minimum atomic E-state index is -4.35. The van der Waals surface area contributed by atoms with Gasteiger partial charge < -0.3 is 0 Å². The van der Waals surface area contributed by atoms with Crippen LogP contribution in [0.5, 0.6) is 0 Å². The van der Waals surface area contributed by atoms with Gasteiger partial charge in [-0.05, 0) is 0 Å². The van der Waals surface area contributed by atoms with Gasteiger partial charge in [0.25, 0.3) is 0 Å². The summed E-state index contributed by atoms with van der Waals surface area (Å²) in [7, 11) is 0. The maximum atomic E-state index is 2.55. The molecule has 0 amide bonds. The van der Waals surface area contributed by atoms with Crippen LogP contribution in [0.3, 0.4) is 0 Å². The van der Waals surface area contributed by atoms with E-state index >= 15 is 0 Å². The van der Waals surface area contributed by atoms with Crippen molar-refractivity contribution < 1.29 is 17.4 Å². The zero-order valence-electron chi connectivity index (χ0n) is 21.1. The second kappa shape index (κ2) is 10.2. The second-order valence-corrected chi connectivity index (χ2v) is 32.4. The van der Waals surface area contributed by atoms with Crippen LogP contribution in [0.2, 0.25) is 0 Å². The first kappa shape index (κ1) is 27.1. The topological polar surface area (TPSA) is 0 Å². The summed E-state index contributed by atoms with van der Waals surface area (Å²) in [6.45, 7) is 2.39. The summed E-state index contributed by atoms with van der Waals surface area (Å²) < 4.78 is 5.06. The average molecular weight is 629 g/mol. The molecular formula is C34H30Cl2SiZr. The van der Waals surface area contributed by atoms with E-state index in [1.54, 1.807) is 15.4 Å². The molecule has 1 unspecified atom stereocenters. The number of halogens is 2. The summed E-state index contributed by atoms with van der Waals surface area (Å²) in [5, 5.41) is 0. The molecule has 0 spiro atoms. The Kier molecular flexibility index (Phi) is 7.31. The molecule has 7 rings (SSSR count). The Balaban J connectivity index is 0.00000147. The molecule has 0 saturated carbocycles. The Bertz CT molecular complexity index is 1680. The molecule has 0 radical (unpaired) electrons. The monoisotopic (exact) mass is 626 g/mol. The van der Waals surface area contributed by atoms with Crippen LogP contribution in [0.25, 0.3) is 17.2 Å². The van der Waals surface area contributed by atoms with E-state index in [0.29, 0.717) is 3.63 Å². The van der Waals surface area contributed by atoms with Crippen molar-refractivity contribution in [1.82, 2.24) is 0 Å². The number of rotatable bonds is 4. The van der Waals surface area contributed by atoms with Crippen LogP contribution in [-0.2, 0) is 23.8 Å². The molecule has 0 nitrogen and oxygen atoms in total. The Morgan fingerprint density at radius 3 is 1.87 bits per heavy atom. The van der Waals surface area contributed by atoms with Crippen molar-refractivity contribution in [1.29, 1.82) is 0 Å². The predicted octanol–water partition coefficient (Wildman–Crippen LogP) is 6.38. The molecule has 0 N–H and O–H groups in total. The number of hydrogen-bond acceptors (Lipinski definition) is 0. The molecule has 0 saturated heterocycles. The molecule has 0 heterocycles. The third-order valence-corrected chi connectivity index (χ3v) is 35.4. The molecule has 188 valence electrons. The van der Waals surface area contributed by atoms with Gasteiger partial charge >= 0.3 is 217 Å². The van der Waals surface area contributed by atoms with Crippen LogP contribution < -0.4 is 9.81 Å². The maximum absolute atomic E-state index is 4.35. The fourth-order valence-electron chi connectivity index (χ4n) is 7.14. The summed E-state index contributed by atoms with van der Waals surface area (Å²) in [5.74, 6) is 0. The third-order valence-electron chi connectivity index (χ3n) is 8.82. The van der Waals surface area contributed by atoms with Gasteiger partial charge in [0, 0.05) is 0 Å². The zero-order valence-corrected chi connectivity index (χ0v) is 26.6. The predicted molar refractivity (Wildman–Crippen MR) is 168 cm³/mol. The Morgan fingerprint density at radius 2 is 1.16 bits per heavy atom. The number of hydrogen-bond donors (Lipinski definition) is 0. The van der Waals surface area contributed by atoms with Crippen LogP contribution in [0.1, 0.15) is 25.9 Å². The van der Waals surface area contributed by atoms with E-state index in [2.05, 4.69) is 146 Å². The first-order chi connectivity index (χ1) is 17.7.